The van der Waals surface area contributed by atoms with E-state index >= 15 is 0 Å². The smallest absolute Gasteiger partial charge is 0.215 e. The lowest BCUT2D eigenvalue weighted by atomic mass is 9.98. The minimum absolute atomic E-state index is 0.198. The summed E-state index contributed by atoms with van der Waals surface area (Å²) >= 11 is 0. The summed E-state index contributed by atoms with van der Waals surface area (Å²) in [5.74, 6) is 6.63. The fourth-order valence-electron chi connectivity index (χ4n) is 2.05. The second-order valence-electron chi connectivity index (χ2n) is 4.81. The molecule has 0 saturated carbocycles. The van der Waals surface area contributed by atoms with Gasteiger partial charge in [0.1, 0.15) is 0 Å². The molecule has 0 aliphatic carbocycles. The Morgan fingerprint density at radius 2 is 1.67 bits per heavy atom. The lowest BCUT2D eigenvalue weighted by molar-refractivity contribution is 0.116. The fourth-order valence-corrected chi connectivity index (χ4v) is 2.05. The van der Waals surface area contributed by atoms with E-state index in [4.69, 9.17) is 4.42 Å². The molecule has 2 aromatic rings. The molecule has 1 heteroatoms. The van der Waals surface area contributed by atoms with Crippen molar-refractivity contribution in [3.05, 3.63) is 71.8 Å². The first-order chi connectivity index (χ1) is 10.4. The van der Waals surface area contributed by atoms with Crippen molar-refractivity contribution < 1.29 is 4.42 Å². The summed E-state index contributed by atoms with van der Waals surface area (Å²) in [6.45, 7) is 2.62. The summed E-state index contributed by atoms with van der Waals surface area (Å²) in [5.41, 5.74) is 2.34. The van der Waals surface area contributed by atoms with Gasteiger partial charge in [0, 0.05) is 12.5 Å². The maximum atomic E-state index is 5.35. The number of benzene rings is 2. The summed E-state index contributed by atoms with van der Waals surface area (Å²) in [6, 6.07) is 20.5. The van der Waals surface area contributed by atoms with E-state index in [2.05, 4.69) is 42.4 Å². The van der Waals surface area contributed by atoms with Crippen LogP contribution in [0.2, 0.25) is 0 Å². The minimum atomic E-state index is 0.198. The second-order valence-corrected chi connectivity index (χ2v) is 4.81. The first-order valence-corrected chi connectivity index (χ1v) is 7.33. The topological polar surface area (TPSA) is 11.3 Å². The Morgan fingerprint density at radius 1 is 1.00 bits per heavy atom. The molecule has 106 valence electrons. The van der Waals surface area contributed by atoms with Gasteiger partial charge < -0.3 is 4.42 Å². The van der Waals surface area contributed by atoms with Crippen LogP contribution in [0.25, 0.3) is 0 Å². The lowest BCUT2D eigenvalue weighted by Crippen LogP contribution is -2.07. The number of carbonyl (C=O) groups excluding carboxylic acids is 1. The molecule has 1 unspecified atom stereocenters. The summed E-state index contributed by atoms with van der Waals surface area (Å²) < 4.78 is 5.35. The van der Waals surface area contributed by atoms with Crippen molar-refractivity contribution in [3.63, 3.8) is 0 Å². The predicted molar refractivity (Wildman–Crippen MR) is 87.8 cm³/mol. The molecule has 0 N–H and O–H groups in total. The summed E-state index contributed by atoms with van der Waals surface area (Å²) in [5, 5.41) is 0. The first kappa shape index (κ1) is 15.1. The van der Waals surface area contributed by atoms with Gasteiger partial charge in [-0.05, 0) is 36.8 Å². The van der Waals surface area contributed by atoms with Gasteiger partial charge >= 0.3 is 0 Å². The molecule has 0 heterocycles. The third kappa shape index (κ3) is 5.67. The number of hydrogen-bond donors (Lipinski definition) is 0. The maximum Gasteiger partial charge on any atom is 0.215 e. The molecule has 0 aliphatic rings. The lowest BCUT2D eigenvalue weighted by Gasteiger charge is -2.12. The van der Waals surface area contributed by atoms with E-state index < -0.39 is 0 Å². The maximum absolute atomic E-state index is 5.35. The highest BCUT2D eigenvalue weighted by Crippen LogP contribution is 2.10. The van der Waals surface area contributed by atoms with E-state index in [-0.39, 0.29) is 5.92 Å². The summed E-state index contributed by atoms with van der Waals surface area (Å²) in [4.78, 5) is 0. The van der Waals surface area contributed by atoms with E-state index in [0.29, 0.717) is 6.61 Å². The van der Waals surface area contributed by atoms with Crippen LogP contribution in [0.5, 0.6) is 0 Å². The average molecular weight is 276 g/mol. The molecule has 0 saturated heterocycles. The van der Waals surface area contributed by atoms with Crippen molar-refractivity contribution in [3.8, 4) is 11.8 Å². The van der Waals surface area contributed by atoms with Gasteiger partial charge in [-0.15, -0.1) is 0 Å². The molecule has 2 rings (SSSR count). The zero-order chi connectivity index (χ0) is 14.8. The average Bonchev–Trinajstić information content (AvgIpc) is 2.54. The Hall–Kier alpha value is -2.33. The normalized spacial score (nSPS) is 11.9. The molecular formula is C20H20O. The van der Waals surface area contributed by atoms with Crippen molar-refractivity contribution in [2.24, 2.45) is 5.92 Å². The zero-order valence-corrected chi connectivity index (χ0v) is 12.4. The van der Waals surface area contributed by atoms with E-state index in [1.165, 1.54) is 5.56 Å². The highest BCUT2D eigenvalue weighted by molar-refractivity contribution is 5.57. The van der Waals surface area contributed by atoms with E-state index in [9.17, 15) is 0 Å². The monoisotopic (exact) mass is 276 g/mol. The van der Waals surface area contributed by atoms with Gasteiger partial charge in [0.05, 0.1) is 0 Å². The predicted octanol–water partition coefficient (Wildman–Crippen LogP) is 3.95. The van der Waals surface area contributed by atoms with Gasteiger partial charge in [0.25, 0.3) is 0 Å². The fraction of sp³-hybridized carbons (Fsp3) is 0.250. The Morgan fingerprint density at radius 3 is 2.33 bits per heavy atom. The van der Waals surface area contributed by atoms with Crippen molar-refractivity contribution in [2.45, 2.75) is 19.8 Å². The molecule has 0 bridgehead atoms. The first-order valence-electron chi connectivity index (χ1n) is 7.33. The van der Waals surface area contributed by atoms with Crippen LogP contribution >= 0.6 is 0 Å². The highest BCUT2D eigenvalue weighted by Gasteiger charge is 2.01. The molecule has 1 nitrogen and oxygen atoms in total. The van der Waals surface area contributed by atoms with Gasteiger partial charge in [0.15, 0.2) is 0 Å². The zero-order valence-electron chi connectivity index (χ0n) is 12.4. The van der Waals surface area contributed by atoms with Gasteiger partial charge in [-0.25, -0.2) is 0 Å². The quantitative estimate of drug-likeness (QED) is 0.445. The number of rotatable bonds is 5. The standard InChI is InChI=1S/C20H20O/c1-2-21-17-20(16-19-12-7-4-8-13-19)15-9-14-18-10-5-3-6-11-18/h3-8,10-13,20H,2,15-16H2,1H3. The van der Waals surface area contributed by atoms with Crippen LogP contribution in [-0.4, -0.2) is 12.9 Å². The largest absolute Gasteiger partial charge is 0.457 e. The van der Waals surface area contributed by atoms with Crippen LogP contribution in [0.1, 0.15) is 24.5 Å². The van der Waals surface area contributed by atoms with Gasteiger partial charge in [0.2, 0.25) is 6.61 Å². The summed E-state index contributed by atoms with van der Waals surface area (Å²) in [7, 11) is 0. The third-order valence-electron chi connectivity index (χ3n) is 3.07. The van der Waals surface area contributed by atoms with Crippen LogP contribution in [0.3, 0.4) is 0 Å². The number of hydrogen-bond acceptors (Lipinski definition) is 0. The summed E-state index contributed by atoms with van der Waals surface area (Å²) in [6.07, 6.45) is 4.76. The van der Waals surface area contributed by atoms with Crippen molar-refractivity contribution >= 4 is 6.29 Å². The molecule has 0 radical (unpaired) electrons. The minimum Gasteiger partial charge on any atom is -0.457 e. The van der Waals surface area contributed by atoms with E-state index in [1.54, 1.807) is 0 Å². The molecule has 0 amide bonds. The molecule has 0 aliphatic heterocycles. The van der Waals surface area contributed by atoms with Crippen LogP contribution in [0.4, 0.5) is 0 Å². The molecule has 0 spiro atoms. The van der Waals surface area contributed by atoms with Gasteiger partial charge in [-0.3, -0.25) is 0 Å². The Bertz CT molecular complexity index is 603. The van der Waals surface area contributed by atoms with Gasteiger partial charge in [-0.1, -0.05) is 66.3 Å². The van der Waals surface area contributed by atoms with Crippen molar-refractivity contribution in [2.75, 3.05) is 6.61 Å². The SMILES string of the molecule is CC[O+]=[C-]C(CC#Cc1ccccc1)Cc1ccccc1. The van der Waals surface area contributed by atoms with Crippen LogP contribution in [-0.2, 0) is 10.8 Å². The molecule has 2 aromatic carbocycles. The van der Waals surface area contributed by atoms with Crippen LogP contribution in [0.15, 0.2) is 60.7 Å². The Kier molecular flexibility index (Phi) is 6.29. The van der Waals surface area contributed by atoms with E-state index in [1.807, 2.05) is 43.3 Å². The van der Waals surface area contributed by atoms with Crippen molar-refractivity contribution in [1.82, 2.24) is 0 Å². The molecule has 1 atom stereocenters. The Labute approximate surface area is 127 Å². The van der Waals surface area contributed by atoms with Crippen LogP contribution < -0.4 is 0 Å². The second kappa shape index (κ2) is 8.76. The Balaban J connectivity index is 2.00. The third-order valence-corrected chi connectivity index (χ3v) is 3.07. The van der Waals surface area contributed by atoms with Gasteiger partial charge in [-0.2, -0.15) is 0 Å². The molecule has 0 aromatic heterocycles. The van der Waals surface area contributed by atoms with Crippen LogP contribution in [0, 0.1) is 17.8 Å². The molecule has 21 heavy (non-hydrogen) atoms. The molecule has 0 fully saturated rings. The van der Waals surface area contributed by atoms with Crippen molar-refractivity contribution in [1.29, 1.82) is 0 Å². The van der Waals surface area contributed by atoms with E-state index in [0.717, 1.165) is 18.4 Å². The molecular weight excluding hydrogens is 256 g/mol. The highest BCUT2D eigenvalue weighted by atomic mass is 16.4.